The van der Waals surface area contributed by atoms with Gasteiger partial charge in [-0.3, -0.25) is 14.7 Å². The van der Waals surface area contributed by atoms with Crippen molar-refractivity contribution in [2.24, 2.45) is 0 Å². The van der Waals surface area contributed by atoms with E-state index in [0.717, 1.165) is 25.8 Å². The van der Waals surface area contributed by atoms with Crippen LogP contribution in [0.2, 0.25) is 0 Å². The predicted molar refractivity (Wildman–Crippen MR) is 122 cm³/mol. The highest BCUT2D eigenvalue weighted by atomic mass is 32.2. The van der Waals surface area contributed by atoms with Crippen LogP contribution in [-0.2, 0) is 11.3 Å². The highest BCUT2D eigenvalue weighted by Crippen LogP contribution is 2.31. The second kappa shape index (κ2) is 8.76. The second-order valence-electron chi connectivity index (χ2n) is 6.91. The Morgan fingerprint density at radius 3 is 2.62 bits per heavy atom. The molecule has 0 bridgehead atoms. The first kappa shape index (κ1) is 19.6. The minimum atomic E-state index is 0.0372. The van der Waals surface area contributed by atoms with Gasteiger partial charge < -0.3 is 0 Å². The Morgan fingerprint density at radius 2 is 1.86 bits per heavy atom. The molecule has 0 spiro atoms. The lowest BCUT2D eigenvalue weighted by Crippen LogP contribution is -2.31. The van der Waals surface area contributed by atoms with Gasteiger partial charge in [0.25, 0.3) is 0 Å². The predicted octanol–water partition coefficient (Wildman–Crippen LogP) is 5.63. The molecule has 0 unspecified atom stereocenters. The van der Waals surface area contributed by atoms with Crippen molar-refractivity contribution in [2.45, 2.75) is 25.3 Å². The number of amides is 1. The maximum atomic E-state index is 13.2. The molecule has 146 valence electrons. The van der Waals surface area contributed by atoms with Gasteiger partial charge in [0.15, 0.2) is 5.13 Å². The van der Waals surface area contributed by atoms with Crippen molar-refractivity contribution in [3.8, 4) is 0 Å². The minimum Gasteiger partial charge on any atom is -0.283 e. The lowest BCUT2D eigenvalue weighted by molar-refractivity contribution is -0.116. The first-order valence-corrected chi connectivity index (χ1v) is 11.1. The van der Waals surface area contributed by atoms with E-state index >= 15 is 0 Å². The van der Waals surface area contributed by atoms with Gasteiger partial charge in [-0.15, -0.1) is 11.8 Å². The minimum absolute atomic E-state index is 0.0372. The van der Waals surface area contributed by atoms with Crippen molar-refractivity contribution in [2.75, 3.05) is 10.7 Å². The van der Waals surface area contributed by atoms with Crippen LogP contribution in [0.1, 0.15) is 16.7 Å². The van der Waals surface area contributed by atoms with E-state index in [1.807, 2.05) is 24.3 Å². The fraction of sp³-hybridized carbons (Fsp3) is 0.174. The maximum absolute atomic E-state index is 13.2. The number of hydrogen-bond donors (Lipinski definition) is 0. The molecule has 0 radical (unpaired) electrons. The molecule has 0 fully saturated rings. The van der Waals surface area contributed by atoms with Gasteiger partial charge in [-0.1, -0.05) is 41.2 Å². The first-order valence-electron chi connectivity index (χ1n) is 9.34. The van der Waals surface area contributed by atoms with Crippen LogP contribution in [0.25, 0.3) is 10.2 Å². The smallest absolute Gasteiger partial charge is 0.239 e. The fourth-order valence-corrected chi connectivity index (χ4v) is 4.78. The molecule has 0 atom stereocenters. The van der Waals surface area contributed by atoms with Gasteiger partial charge in [0.2, 0.25) is 5.91 Å². The van der Waals surface area contributed by atoms with Crippen molar-refractivity contribution in [1.82, 2.24) is 9.97 Å². The van der Waals surface area contributed by atoms with Gasteiger partial charge in [0.05, 0.1) is 22.5 Å². The van der Waals surface area contributed by atoms with Gasteiger partial charge in [0.1, 0.15) is 0 Å². The molecule has 4 rings (SSSR count). The van der Waals surface area contributed by atoms with Gasteiger partial charge in [0, 0.05) is 17.3 Å². The van der Waals surface area contributed by atoms with Crippen LogP contribution < -0.4 is 4.90 Å². The topological polar surface area (TPSA) is 46.1 Å². The van der Waals surface area contributed by atoms with Crippen molar-refractivity contribution >= 4 is 44.4 Å². The number of pyridine rings is 1. The average Bonchev–Trinajstić information content (AvgIpc) is 3.15. The molecule has 2 heterocycles. The summed E-state index contributed by atoms with van der Waals surface area (Å²) in [7, 11) is 0. The number of carbonyl (C=O) groups is 1. The molecule has 6 heteroatoms. The Bertz CT molecular complexity index is 1120. The zero-order valence-electron chi connectivity index (χ0n) is 16.3. The van der Waals surface area contributed by atoms with E-state index in [0.29, 0.717) is 12.3 Å². The van der Waals surface area contributed by atoms with Crippen LogP contribution in [0.15, 0.2) is 71.9 Å². The standard InChI is InChI=1S/C23H21N3OS2/c1-16-5-8-19(9-6-16)28-15-22(27)26(14-18-4-3-11-24-13-18)23-25-20-10-7-17(2)12-21(20)29-23/h3-13H,14-15H2,1-2H3. The summed E-state index contributed by atoms with van der Waals surface area (Å²) in [5.74, 6) is 0.397. The second-order valence-corrected chi connectivity index (χ2v) is 8.97. The summed E-state index contributed by atoms with van der Waals surface area (Å²) in [4.78, 5) is 25.0. The molecule has 29 heavy (non-hydrogen) atoms. The van der Waals surface area contributed by atoms with Crippen molar-refractivity contribution in [3.05, 3.63) is 83.7 Å². The normalized spacial score (nSPS) is 11.0. The third kappa shape index (κ3) is 4.83. The number of hydrogen-bond acceptors (Lipinski definition) is 5. The van der Waals surface area contributed by atoms with Crippen LogP contribution in [0.5, 0.6) is 0 Å². The number of anilines is 1. The van der Waals surface area contributed by atoms with E-state index in [1.165, 1.54) is 11.1 Å². The molecule has 2 aromatic carbocycles. The van der Waals surface area contributed by atoms with E-state index in [9.17, 15) is 4.79 Å². The molecule has 0 N–H and O–H groups in total. The van der Waals surface area contributed by atoms with E-state index in [4.69, 9.17) is 4.98 Å². The fourth-order valence-electron chi connectivity index (χ4n) is 2.93. The van der Waals surface area contributed by atoms with Crippen LogP contribution in [0, 0.1) is 13.8 Å². The zero-order valence-corrected chi connectivity index (χ0v) is 18.0. The summed E-state index contributed by atoms with van der Waals surface area (Å²) >= 11 is 3.11. The molecule has 0 aliphatic heterocycles. The van der Waals surface area contributed by atoms with Crippen LogP contribution in [-0.4, -0.2) is 21.6 Å². The highest BCUT2D eigenvalue weighted by Gasteiger charge is 2.20. The van der Waals surface area contributed by atoms with Gasteiger partial charge in [-0.05, 0) is 55.3 Å². The lowest BCUT2D eigenvalue weighted by atomic mass is 10.2. The summed E-state index contributed by atoms with van der Waals surface area (Å²) in [5, 5.41) is 0.726. The Hall–Kier alpha value is -2.70. The van der Waals surface area contributed by atoms with Gasteiger partial charge >= 0.3 is 0 Å². The van der Waals surface area contributed by atoms with Crippen molar-refractivity contribution in [3.63, 3.8) is 0 Å². The number of aromatic nitrogens is 2. The third-order valence-corrected chi connectivity index (χ3v) is 6.55. The number of thiazole rings is 1. The van der Waals surface area contributed by atoms with Crippen LogP contribution in [0.4, 0.5) is 5.13 Å². The molecular formula is C23H21N3OS2. The quantitative estimate of drug-likeness (QED) is 0.380. The summed E-state index contributed by atoms with van der Waals surface area (Å²) in [5.41, 5.74) is 4.30. The first-order chi connectivity index (χ1) is 14.1. The zero-order chi connectivity index (χ0) is 20.2. The molecule has 0 aliphatic carbocycles. The number of benzene rings is 2. The molecule has 0 aliphatic rings. The maximum Gasteiger partial charge on any atom is 0.239 e. The molecule has 0 saturated carbocycles. The highest BCUT2D eigenvalue weighted by molar-refractivity contribution is 8.00. The SMILES string of the molecule is Cc1ccc(SCC(=O)N(Cc2cccnc2)c2nc3ccc(C)cc3s2)cc1. The molecule has 1 amide bonds. The molecular weight excluding hydrogens is 398 g/mol. The number of thioether (sulfide) groups is 1. The summed E-state index contributed by atoms with van der Waals surface area (Å²) in [6.07, 6.45) is 3.54. The van der Waals surface area contributed by atoms with Gasteiger partial charge in [-0.25, -0.2) is 4.98 Å². The van der Waals surface area contributed by atoms with E-state index in [2.05, 4.69) is 49.2 Å². The van der Waals surface area contributed by atoms with Crippen LogP contribution in [0.3, 0.4) is 0 Å². The summed E-state index contributed by atoms with van der Waals surface area (Å²) in [6.45, 7) is 4.58. The van der Waals surface area contributed by atoms with E-state index in [1.54, 1.807) is 40.4 Å². The lowest BCUT2D eigenvalue weighted by Gasteiger charge is -2.19. The monoisotopic (exact) mass is 419 g/mol. The molecule has 2 aromatic heterocycles. The average molecular weight is 420 g/mol. The molecule has 4 aromatic rings. The van der Waals surface area contributed by atoms with Gasteiger partial charge in [-0.2, -0.15) is 0 Å². The number of carbonyl (C=O) groups excluding carboxylic acids is 1. The Balaban J connectivity index is 1.59. The van der Waals surface area contributed by atoms with Crippen molar-refractivity contribution in [1.29, 1.82) is 0 Å². The molecule has 0 saturated heterocycles. The number of fused-ring (bicyclic) bond motifs is 1. The summed E-state index contributed by atoms with van der Waals surface area (Å²) in [6, 6.07) is 18.3. The number of aryl methyl sites for hydroxylation is 2. The van der Waals surface area contributed by atoms with E-state index < -0.39 is 0 Å². The van der Waals surface area contributed by atoms with E-state index in [-0.39, 0.29) is 5.91 Å². The Labute approximate surface area is 178 Å². The van der Waals surface area contributed by atoms with Crippen molar-refractivity contribution < 1.29 is 4.79 Å². The largest absolute Gasteiger partial charge is 0.283 e. The molecule has 4 nitrogen and oxygen atoms in total. The number of rotatable bonds is 6. The third-order valence-electron chi connectivity index (χ3n) is 4.51. The summed E-state index contributed by atoms with van der Waals surface area (Å²) < 4.78 is 1.09. The number of nitrogens with zero attached hydrogens (tertiary/aromatic N) is 3. The van der Waals surface area contributed by atoms with Crippen LogP contribution >= 0.6 is 23.1 Å². The Morgan fingerprint density at radius 1 is 1.07 bits per heavy atom. The Kier molecular flexibility index (Phi) is 5.92.